The quantitative estimate of drug-likeness (QED) is 0.272. The monoisotopic (exact) mass is 508 g/mol. The minimum Gasteiger partial charge on any atom is -0.459 e. The van der Waals surface area contributed by atoms with Gasteiger partial charge in [0, 0.05) is 31.7 Å². The maximum atomic E-state index is 6.30. The Morgan fingerprint density at radius 3 is 1.80 bits per heavy atom. The van der Waals surface area contributed by atoms with Crippen LogP contribution in [0.1, 0.15) is 34.1 Å². The first-order valence-corrected chi connectivity index (χ1v) is 11.9. The molecule has 3 nitrogen and oxygen atoms in total. The Kier molecular flexibility index (Phi) is 9.59. The van der Waals surface area contributed by atoms with E-state index < -0.39 is 0 Å². The van der Waals surface area contributed by atoms with Gasteiger partial charge in [-0.3, -0.25) is 9.80 Å². The molecule has 1 saturated heterocycles. The van der Waals surface area contributed by atoms with Gasteiger partial charge in [-0.15, -0.1) is 24.8 Å². The molecule has 184 valence electrons. The van der Waals surface area contributed by atoms with Gasteiger partial charge in [0.15, 0.2) is 0 Å². The molecule has 1 fully saturated rings. The number of hydrogen-bond acceptors (Lipinski definition) is 3. The molecule has 0 N–H and O–H groups in total. The van der Waals surface area contributed by atoms with E-state index in [1.54, 1.807) is 0 Å². The van der Waals surface area contributed by atoms with Crippen LogP contribution in [0.15, 0.2) is 95.4 Å². The van der Waals surface area contributed by atoms with E-state index in [4.69, 9.17) is 4.42 Å². The molecule has 0 radical (unpaired) electrons. The summed E-state index contributed by atoms with van der Waals surface area (Å²) in [5.41, 5.74) is 6.38. The fourth-order valence-electron chi connectivity index (χ4n) is 4.80. The zero-order valence-corrected chi connectivity index (χ0v) is 22.0. The smallest absolute Gasteiger partial charge is 0.134 e. The summed E-state index contributed by atoms with van der Waals surface area (Å²) < 4.78 is 6.30. The Morgan fingerprint density at radius 2 is 1.26 bits per heavy atom. The van der Waals surface area contributed by atoms with Gasteiger partial charge in [-0.1, -0.05) is 90.5 Å². The molecule has 1 aliphatic heterocycles. The molecule has 0 unspecified atom stereocenters. The number of furan rings is 1. The summed E-state index contributed by atoms with van der Waals surface area (Å²) in [6.45, 7) is 9.30. The van der Waals surface area contributed by atoms with Crippen molar-refractivity contribution in [1.82, 2.24) is 9.80 Å². The molecule has 0 amide bonds. The second kappa shape index (κ2) is 12.4. The van der Waals surface area contributed by atoms with Gasteiger partial charge in [-0.25, -0.2) is 0 Å². The summed E-state index contributed by atoms with van der Waals surface area (Å²) in [7, 11) is 0. The molecule has 1 aromatic heterocycles. The summed E-state index contributed by atoms with van der Waals surface area (Å²) >= 11 is 0. The highest BCUT2D eigenvalue weighted by Crippen LogP contribution is 2.31. The van der Waals surface area contributed by atoms with Gasteiger partial charge in [-0.05, 0) is 36.6 Å². The second-order valence-corrected chi connectivity index (χ2v) is 9.12. The van der Waals surface area contributed by atoms with Gasteiger partial charge < -0.3 is 4.42 Å². The highest BCUT2D eigenvalue weighted by molar-refractivity contribution is 5.85. The van der Waals surface area contributed by atoms with E-state index in [1.807, 2.05) is 0 Å². The zero-order chi connectivity index (χ0) is 22.6. The summed E-state index contributed by atoms with van der Waals surface area (Å²) in [6.07, 6.45) is 0. The van der Waals surface area contributed by atoms with Gasteiger partial charge in [0.2, 0.25) is 0 Å². The van der Waals surface area contributed by atoms with Gasteiger partial charge in [0.1, 0.15) is 11.5 Å². The highest BCUT2D eigenvalue weighted by atomic mass is 35.5. The second-order valence-electron chi connectivity index (χ2n) is 9.12. The average Bonchev–Trinajstić information content (AvgIpc) is 3.22. The number of aryl methyl sites for hydroxylation is 2. The van der Waals surface area contributed by atoms with E-state index in [-0.39, 0.29) is 24.8 Å². The Balaban J connectivity index is 0.00000171. The molecule has 5 rings (SSSR count). The molecule has 1 aliphatic rings. The van der Waals surface area contributed by atoms with Crippen LogP contribution in [0.3, 0.4) is 0 Å². The molecule has 4 aromatic rings. The first kappa shape index (κ1) is 27.0. The van der Waals surface area contributed by atoms with E-state index in [1.165, 1.54) is 22.3 Å². The summed E-state index contributed by atoms with van der Waals surface area (Å²) in [4.78, 5) is 5.14. The molecular formula is C30H34Cl2N2O. The normalized spacial score (nSPS) is 14.4. The predicted molar refractivity (Wildman–Crippen MR) is 150 cm³/mol. The van der Waals surface area contributed by atoms with Crippen LogP contribution < -0.4 is 0 Å². The fraction of sp³-hybridized carbons (Fsp3) is 0.267. The molecule has 0 aliphatic carbocycles. The lowest BCUT2D eigenvalue weighted by Crippen LogP contribution is -2.47. The van der Waals surface area contributed by atoms with E-state index in [0.717, 1.165) is 49.8 Å². The lowest BCUT2D eigenvalue weighted by atomic mass is 9.96. The Hall–Kier alpha value is -2.56. The minimum atomic E-state index is 0. The topological polar surface area (TPSA) is 19.6 Å². The van der Waals surface area contributed by atoms with Crippen LogP contribution in [0, 0.1) is 13.8 Å². The zero-order valence-electron chi connectivity index (χ0n) is 20.4. The van der Waals surface area contributed by atoms with Crippen molar-refractivity contribution >= 4 is 24.8 Å². The van der Waals surface area contributed by atoms with Crippen LogP contribution in [0.2, 0.25) is 0 Å². The third-order valence-corrected chi connectivity index (χ3v) is 6.73. The molecular weight excluding hydrogens is 475 g/mol. The molecule has 5 heteroatoms. The van der Waals surface area contributed by atoms with Crippen LogP contribution >= 0.6 is 24.8 Å². The maximum Gasteiger partial charge on any atom is 0.134 e. The van der Waals surface area contributed by atoms with Crippen LogP contribution in [0.25, 0.3) is 11.3 Å². The fourth-order valence-corrected chi connectivity index (χ4v) is 4.80. The van der Waals surface area contributed by atoms with Crippen LogP contribution in [0.4, 0.5) is 0 Å². The largest absolute Gasteiger partial charge is 0.459 e. The van der Waals surface area contributed by atoms with Crippen molar-refractivity contribution < 1.29 is 4.42 Å². The number of hydrogen-bond donors (Lipinski definition) is 0. The third kappa shape index (κ3) is 6.36. The average molecular weight is 510 g/mol. The lowest BCUT2D eigenvalue weighted by molar-refractivity contribution is 0.0997. The number of halogens is 2. The maximum absolute atomic E-state index is 6.30. The molecule has 3 aromatic carbocycles. The molecule has 0 atom stereocenters. The molecule has 0 bridgehead atoms. The van der Waals surface area contributed by atoms with Gasteiger partial charge >= 0.3 is 0 Å². The molecule has 0 spiro atoms. The Morgan fingerprint density at radius 1 is 0.714 bits per heavy atom. The Labute approximate surface area is 221 Å². The van der Waals surface area contributed by atoms with Crippen molar-refractivity contribution in [2.24, 2.45) is 0 Å². The Bertz CT molecular complexity index is 1130. The predicted octanol–water partition coefficient (Wildman–Crippen LogP) is 7.31. The van der Waals surface area contributed by atoms with Crippen LogP contribution in [-0.2, 0) is 6.54 Å². The van der Waals surface area contributed by atoms with E-state index in [0.29, 0.717) is 6.04 Å². The highest BCUT2D eigenvalue weighted by Gasteiger charge is 2.27. The summed E-state index contributed by atoms with van der Waals surface area (Å²) in [6, 6.07) is 32.8. The standard InChI is InChI=1S/C30H32N2O.2ClH/c1-23-13-15-25(16-14-23)28-21-24(2)29(33-28)22-31-17-19-32(20-18-31)30(26-9-5-3-6-10-26)27-11-7-4-8-12-27;;/h3-16,21,30H,17-20,22H2,1-2H3;2*1H. The number of piperazine rings is 1. The van der Waals surface area contributed by atoms with Gasteiger partial charge in [-0.2, -0.15) is 0 Å². The van der Waals surface area contributed by atoms with E-state index in [2.05, 4.69) is 115 Å². The summed E-state index contributed by atoms with van der Waals surface area (Å²) in [5.74, 6) is 2.05. The molecule has 0 saturated carbocycles. The van der Waals surface area contributed by atoms with Crippen molar-refractivity contribution in [3.05, 3.63) is 119 Å². The van der Waals surface area contributed by atoms with Crippen molar-refractivity contribution in [3.63, 3.8) is 0 Å². The third-order valence-electron chi connectivity index (χ3n) is 6.73. The first-order chi connectivity index (χ1) is 16.2. The van der Waals surface area contributed by atoms with Crippen molar-refractivity contribution in [3.8, 4) is 11.3 Å². The van der Waals surface area contributed by atoms with Crippen LogP contribution in [-0.4, -0.2) is 36.0 Å². The van der Waals surface area contributed by atoms with Crippen LogP contribution in [0.5, 0.6) is 0 Å². The summed E-state index contributed by atoms with van der Waals surface area (Å²) in [5, 5.41) is 0. The number of rotatable bonds is 6. The SMILES string of the molecule is Cc1ccc(-c2cc(C)c(CN3CCN(C(c4ccccc4)c4ccccc4)CC3)o2)cc1.Cl.Cl. The van der Waals surface area contributed by atoms with E-state index >= 15 is 0 Å². The number of benzene rings is 3. The van der Waals surface area contributed by atoms with Crippen molar-refractivity contribution in [1.29, 1.82) is 0 Å². The lowest BCUT2D eigenvalue weighted by Gasteiger charge is -2.39. The van der Waals surface area contributed by atoms with Crippen molar-refractivity contribution in [2.45, 2.75) is 26.4 Å². The van der Waals surface area contributed by atoms with E-state index in [9.17, 15) is 0 Å². The number of nitrogens with zero attached hydrogens (tertiary/aromatic N) is 2. The van der Waals surface area contributed by atoms with Gasteiger partial charge in [0.05, 0.1) is 12.6 Å². The van der Waals surface area contributed by atoms with Gasteiger partial charge in [0.25, 0.3) is 0 Å². The minimum absolute atomic E-state index is 0. The molecule has 35 heavy (non-hydrogen) atoms. The van der Waals surface area contributed by atoms with Crippen molar-refractivity contribution in [2.75, 3.05) is 26.2 Å². The first-order valence-electron chi connectivity index (χ1n) is 11.9. The molecule has 2 heterocycles.